The van der Waals surface area contributed by atoms with E-state index in [0.29, 0.717) is 38.1 Å². The summed E-state index contributed by atoms with van der Waals surface area (Å²) in [6, 6.07) is 11.3. The zero-order valence-corrected chi connectivity index (χ0v) is 20.6. The number of esters is 1. The van der Waals surface area contributed by atoms with Crippen molar-refractivity contribution in [3.05, 3.63) is 89.6 Å². The molecule has 0 saturated heterocycles. The zero-order chi connectivity index (χ0) is 24.9. The van der Waals surface area contributed by atoms with Crippen molar-refractivity contribution in [2.45, 2.75) is 19.9 Å². The number of fused-ring (bicyclic) bond motifs is 2. The monoisotopic (exact) mass is 509 g/mol. The molecule has 0 spiro atoms. The number of rotatable bonds is 4. The van der Waals surface area contributed by atoms with Gasteiger partial charge in [-0.2, -0.15) is 0 Å². The number of aromatic nitrogens is 1. The summed E-state index contributed by atoms with van der Waals surface area (Å²) in [7, 11) is 1.54. The first-order chi connectivity index (χ1) is 16.8. The molecule has 2 aliphatic rings. The molecule has 0 aliphatic carbocycles. The lowest BCUT2D eigenvalue weighted by atomic mass is 9.95. The maximum Gasteiger partial charge on any atom is 0.338 e. The molecule has 1 aromatic heterocycles. The molecule has 3 heterocycles. The Morgan fingerprint density at radius 1 is 1.23 bits per heavy atom. The number of benzene rings is 2. The SMILES string of the molecule is CCOC(=O)C1=C(C)N=c2s/c(=C3\C(=O)Nc4ccc(Cl)cc43)c(=O)n2[C@H]1c1cccc(OC)c1. The van der Waals surface area contributed by atoms with Crippen LogP contribution in [-0.4, -0.2) is 30.2 Å². The molecular formula is C25H20ClN3O5S. The van der Waals surface area contributed by atoms with Crippen molar-refractivity contribution in [3.8, 4) is 5.75 Å². The second-order valence-corrected chi connectivity index (χ2v) is 9.33. The van der Waals surface area contributed by atoms with Crippen LogP contribution in [0.1, 0.15) is 31.0 Å². The van der Waals surface area contributed by atoms with Crippen LogP contribution in [0.2, 0.25) is 5.02 Å². The van der Waals surface area contributed by atoms with Gasteiger partial charge in [-0.3, -0.25) is 14.2 Å². The zero-order valence-electron chi connectivity index (χ0n) is 19.0. The molecule has 35 heavy (non-hydrogen) atoms. The van der Waals surface area contributed by atoms with Crippen molar-refractivity contribution < 1.29 is 19.1 Å². The number of amides is 1. The predicted octanol–water partition coefficient (Wildman–Crippen LogP) is 2.78. The van der Waals surface area contributed by atoms with Gasteiger partial charge in [-0.05, 0) is 49.7 Å². The summed E-state index contributed by atoms with van der Waals surface area (Å²) in [5.74, 6) is -0.383. The molecule has 2 aliphatic heterocycles. The fraction of sp³-hybridized carbons (Fsp3) is 0.200. The fourth-order valence-electron chi connectivity index (χ4n) is 4.33. The van der Waals surface area contributed by atoms with Crippen LogP contribution in [0, 0.1) is 0 Å². The molecule has 0 saturated carbocycles. The Labute approximate surface area is 208 Å². The molecular weight excluding hydrogens is 490 g/mol. The number of carbonyl (C=O) groups excluding carboxylic acids is 2. The number of anilines is 1. The lowest BCUT2D eigenvalue weighted by Crippen LogP contribution is -2.40. The summed E-state index contributed by atoms with van der Waals surface area (Å²) in [5.41, 5.74) is 2.26. The van der Waals surface area contributed by atoms with Gasteiger partial charge in [0.25, 0.3) is 11.5 Å². The van der Waals surface area contributed by atoms with Gasteiger partial charge in [-0.25, -0.2) is 9.79 Å². The number of thiazole rings is 1. The average Bonchev–Trinajstić information content (AvgIpc) is 3.32. The molecule has 1 atom stereocenters. The van der Waals surface area contributed by atoms with Crippen LogP contribution in [0.25, 0.3) is 5.57 Å². The molecule has 0 bridgehead atoms. The summed E-state index contributed by atoms with van der Waals surface area (Å²) >= 11 is 7.28. The van der Waals surface area contributed by atoms with E-state index in [0.717, 1.165) is 11.3 Å². The highest BCUT2D eigenvalue weighted by atomic mass is 35.5. The number of hydrogen-bond donors (Lipinski definition) is 1. The summed E-state index contributed by atoms with van der Waals surface area (Å²) in [5, 5.41) is 3.23. The van der Waals surface area contributed by atoms with E-state index in [1.165, 1.54) is 4.57 Å². The highest BCUT2D eigenvalue weighted by Gasteiger charge is 2.35. The minimum atomic E-state index is -0.807. The first-order valence-electron chi connectivity index (χ1n) is 10.8. The van der Waals surface area contributed by atoms with E-state index in [9.17, 15) is 14.4 Å². The molecule has 1 N–H and O–H groups in total. The van der Waals surface area contributed by atoms with Crippen LogP contribution in [-0.2, 0) is 14.3 Å². The van der Waals surface area contributed by atoms with Gasteiger partial charge in [0.2, 0.25) is 0 Å². The van der Waals surface area contributed by atoms with Gasteiger partial charge in [-0.1, -0.05) is 35.1 Å². The van der Waals surface area contributed by atoms with E-state index in [4.69, 9.17) is 21.1 Å². The molecule has 2 aromatic carbocycles. The molecule has 0 radical (unpaired) electrons. The number of hydrogen-bond acceptors (Lipinski definition) is 7. The molecule has 8 nitrogen and oxygen atoms in total. The Kier molecular flexibility index (Phi) is 5.82. The molecule has 10 heteroatoms. The first-order valence-corrected chi connectivity index (χ1v) is 12.0. The average molecular weight is 510 g/mol. The van der Waals surface area contributed by atoms with Crippen LogP contribution in [0.5, 0.6) is 5.75 Å². The quantitative estimate of drug-likeness (QED) is 0.545. The van der Waals surface area contributed by atoms with E-state index in [-0.39, 0.29) is 22.3 Å². The van der Waals surface area contributed by atoms with Crippen LogP contribution < -0.4 is 24.9 Å². The molecule has 0 unspecified atom stereocenters. The number of methoxy groups -OCH3 is 1. The van der Waals surface area contributed by atoms with Gasteiger partial charge in [0, 0.05) is 16.3 Å². The molecule has 5 rings (SSSR count). The van der Waals surface area contributed by atoms with Crippen molar-refractivity contribution in [3.63, 3.8) is 0 Å². The van der Waals surface area contributed by atoms with Crippen LogP contribution >= 0.6 is 22.9 Å². The topological polar surface area (TPSA) is 99.0 Å². The number of carbonyl (C=O) groups is 2. The highest BCUT2D eigenvalue weighted by Crippen LogP contribution is 2.34. The summed E-state index contributed by atoms with van der Waals surface area (Å²) < 4.78 is 12.3. The van der Waals surface area contributed by atoms with Crippen molar-refractivity contribution >= 4 is 46.1 Å². The van der Waals surface area contributed by atoms with E-state index in [2.05, 4.69) is 10.3 Å². The minimum absolute atomic E-state index is 0.173. The smallest absolute Gasteiger partial charge is 0.338 e. The van der Waals surface area contributed by atoms with Gasteiger partial charge in [0.15, 0.2) is 4.80 Å². The largest absolute Gasteiger partial charge is 0.497 e. The molecule has 178 valence electrons. The van der Waals surface area contributed by atoms with Crippen molar-refractivity contribution in [1.82, 2.24) is 4.57 Å². The predicted molar refractivity (Wildman–Crippen MR) is 132 cm³/mol. The Morgan fingerprint density at radius 2 is 2.03 bits per heavy atom. The Morgan fingerprint density at radius 3 is 2.77 bits per heavy atom. The third-order valence-corrected chi connectivity index (χ3v) is 7.14. The fourth-order valence-corrected chi connectivity index (χ4v) is 5.65. The molecule has 3 aromatic rings. The summed E-state index contributed by atoms with van der Waals surface area (Å²) in [4.78, 5) is 44.7. The Bertz CT molecular complexity index is 1620. The standard InChI is InChI=1S/C25H20ClN3O5S/c1-4-34-24(32)18-12(2)27-25-29(20(18)13-6-5-7-15(10-13)33-3)23(31)21(35-25)19-16-11-14(26)8-9-17(16)28-22(19)30/h5-11,20H,4H2,1-3H3,(H,28,30)/b21-19-/t20-/m0/s1. The van der Waals surface area contributed by atoms with Crippen molar-refractivity contribution in [1.29, 1.82) is 0 Å². The molecule has 1 amide bonds. The Balaban J connectivity index is 1.83. The number of allylic oxidation sites excluding steroid dienone is 1. The van der Waals surface area contributed by atoms with Gasteiger partial charge in [-0.15, -0.1) is 0 Å². The van der Waals surface area contributed by atoms with Crippen LogP contribution in [0.4, 0.5) is 5.69 Å². The number of ether oxygens (including phenoxy) is 2. The highest BCUT2D eigenvalue weighted by molar-refractivity contribution is 7.07. The van der Waals surface area contributed by atoms with E-state index >= 15 is 0 Å². The Hall–Kier alpha value is -3.69. The first kappa shape index (κ1) is 23.1. The van der Waals surface area contributed by atoms with Crippen molar-refractivity contribution in [2.24, 2.45) is 4.99 Å². The van der Waals surface area contributed by atoms with E-state index in [1.54, 1.807) is 57.4 Å². The van der Waals surface area contributed by atoms with Crippen LogP contribution in [0.3, 0.4) is 0 Å². The molecule has 0 fully saturated rings. The summed E-state index contributed by atoms with van der Waals surface area (Å²) in [6.45, 7) is 3.59. The van der Waals surface area contributed by atoms with Gasteiger partial charge >= 0.3 is 5.97 Å². The van der Waals surface area contributed by atoms with Crippen molar-refractivity contribution in [2.75, 3.05) is 19.0 Å². The summed E-state index contributed by atoms with van der Waals surface area (Å²) in [6.07, 6.45) is 0. The third kappa shape index (κ3) is 3.77. The lowest BCUT2D eigenvalue weighted by molar-refractivity contribution is -0.139. The normalized spacial score (nSPS) is 17.9. The van der Waals surface area contributed by atoms with Crippen LogP contribution in [0.15, 0.2) is 63.5 Å². The van der Waals surface area contributed by atoms with E-state index in [1.807, 2.05) is 6.07 Å². The van der Waals surface area contributed by atoms with Gasteiger partial charge < -0.3 is 14.8 Å². The second-order valence-electron chi connectivity index (χ2n) is 7.92. The number of nitrogens with one attached hydrogen (secondary N) is 1. The third-order valence-electron chi connectivity index (χ3n) is 5.86. The number of nitrogens with zero attached hydrogens (tertiary/aromatic N) is 2. The minimum Gasteiger partial charge on any atom is -0.497 e. The maximum atomic E-state index is 13.9. The number of halogens is 1. The lowest BCUT2D eigenvalue weighted by Gasteiger charge is -2.25. The van der Waals surface area contributed by atoms with E-state index < -0.39 is 23.5 Å². The maximum absolute atomic E-state index is 13.9. The second kappa shape index (κ2) is 8.83. The van der Waals surface area contributed by atoms with Gasteiger partial charge in [0.1, 0.15) is 10.3 Å². The van der Waals surface area contributed by atoms with Gasteiger partial charge in [0.05, 0.1) is 36.6 Å².